The van der Waals surface area contributed by atoms with Crippen LogP contribution in [0.5, 0.6) is 0 Å². The first-order chi connectivity index (χ1) is 12.2. The molecule has 2 heterocycles. The number of benzene rings is 2. The van der Waals surface area contributed by atoms with E-state index in [0.717, 1.165) is 23.0 Å². The zero-order valence-corrected chi connectivity index (χ0v) is 14.2. The van der Waals surface area contributed by atoms with Crippen LogP contribution in [0.15, 0.2) is 54.7 Å². The Hall–Kier alpha value is -3.01. The molecule has 0 bridgehead atoms. The topological polar surface area (TPSA) is 60.7 Å². The lowest BCUT2D eigenvalue weighted by molar-refractivity contribution is -0.120. The average molecular weight is 331 g/mol. The minimum Gasteiger partial charge on any atom is -0.361 e. The number of amides is 1. The molecule has 0 atom stereocenters. The molecule has 4 aromatic rings. The highest BCUT2D eigenvalue weighted by molar-refractivity contribution is 5.85. The Morgan fingerprint density at radius 3 is 2.88 bits per heavy atom. The molecule has 126 valence electrons. The van der Waals surface area contributed by atoms with Gasteiger partial charge < -0.3 is 15.3 Å². The SMILES string of the molecule is Cc1[nH]c2ccccc2c1CCNC(=O)Cc1ccc2cc[nH]c2c1. The van der Waals surface area contributed by atoms with Gasteiger partial charge in [0, 0.05) is 34.9 Å². The maximum Gasteiger partial charge on any atom is 0.224 e. The van der Waals surface area contributed by atoms with Gasteiger partial charge >= 0.3 is 0 Å². The van der Waals surface area contributed by atoms with E-state index in [-0.39, 0.29) is 5.91 Å². The molecule has 3 N–H and O–H groups in total. The van der Waals surface area contributed by atoms with E-state index in [1.165, 1.54) is 22.0 Å². The monoisotopic (exact) mass is 331 g/mol. The Morgan fingerprint density at radius 1 is 1.08 bits per heavy atom. The Kier molecular flexibility index (Phi) is 4.02. The highest BCUT2D eigenvalue weighted by Crippen LogP contribution is 2.22. The third-order valence-corrected chi connectivity index (χ3v) is 4.71. The maximum atomic E-state index is 12.2. The zero-order chi connectivity index (χ0) is 17.2. The minimum absolute atomic E-state index is 0.0587. The van der Waals surface area contributed by atoms with Crippen molar-refractivity contribution >= 4 is 27.7 Å². The van der Waals surface area contributed by atoms with Crippen LogP contribution >= 0.6 is 0 Å². The number of hydrogen-bond acceptors (Lipinski definition) is 1. The summed E-state index contributed by atoms with van der Waals surface area (Å²) in [5, 5.41) is 5.45. The quantitative estimate of drug-likeness (QED) is 0.511. The Morgan fingerprint density at radius 2 is 1.96 bits per heavy atom. The molecule has 25 heavy (non-hydrogen) atoms. The van der Waals surface area contributed by atoms with E-state index in [0.29, 0.717) is 13.0 Å². The largest absolute Gasteiger partial charge is 0.361 e. The number of nitrogens with one attached hydrogen (secondary N) is 3. The fourth-order valence-electron chi connectivity index (χ4n) is 3.44. The molecule has 4 heteroatoms. The Balaban J connectivity index is 1.37. The number of H-pyrrole nitrogens is 2. The van der Waals surface area contributed by atoms with E-state index in [2.05, 4.69) is 40.4 Å². The Bertz CT molecular complexity index is 1040. The molecule has 0 aliphatic heterocycles. The van der Waals surface area contributed by atoms with Crippen LogP contribution in [0.1, 0.15) is 16.8 Å². The van der Waals surface area contributed by atoms with Crippen LogP contribution in [0.3, 0.4) is 0 Å². The van der Waals surface area contributed by atoms with Crippen LogP contribution in [0.2, 0.25) is 0 Å². The zero-order valence-electron chi connectivity index (χ0n) is 14.2. The molecule has 2 aromatic carbocycles. The second kappa shape index (κ2) is 6.48. The van der Waals surface area contributed by atoms with Crippen LogP contribution in [-0.4, -0.2) is 22.4 Å². The molecule has 0 fully saturated rings. The van der Waals surface area contributed by atoms with Crippen LogP contribution in [0.25, 0.3) is 21.8 Å². The van der Waals surface area contributed by atoms with Crippen molar-refractivity contribution in [2.45, 2.75) is 19.8 Å². The molecule has 0 aliphatic rings. The van der Waals surface area contributed by atoms with Gasteiger partial charge in [-0.3, -0.25) is 4.79 Å². The first kappa shape index (κ1) is 15.5. The summed E-state index contributed by atoms with van der Waals surface area (Å²) in [6.07, 6.45) is 3.15. The van der Waals surface area contributed by atoms with Crippen molar-refractivity contribution in [1.29, 1.82) is 0 Å². The number of carbonyl (C=O) groups excluding carboxylic acids is 1. The molecule has 0 saturated heterocycles. The van der Waals surface area contributed by atoms with Gasteiger partial charge in [0.1, 0.15) is 0 Å². The van der Waals surface area contributed by atoms with E-state index in [1.54, 1.807) is 0 Å². The summed E-state index contributed by atoms with van der Waals surface area (Å²) in [6, 6.07) is 16.4. The summed E-state index contributed by atoms with van der Waals surface area (Å²) in [5.41, 5.74) is 5.70. The summed E-state index contributed by atoms with van der Waals surface area (Å²) < 4.78 is 0. The van der Waals surface area contributed by atoms with E-state index in [4.69, 9.17) is 0 Å². The highest BCUT2D eigenvalue weighted by Gasteiger charge is 2.09. The fraction of sp³-hybridized carbons (Fsp3) is 0.190. The van der Waals surface area contributed by atoms with Crippen molar-refractivity contribution in [3.8, 4) is 0 Å². The van der Waals surface area contributed by atoms with Gasteiger partial charge in [0.25, 0.3) is 0 Å². The molecule has 2 aromatic heterocycles. The van der Waals surface area contributed by atoms with Crippen molar-refractivity contribution < 1.29 is 4.79 Å². The van der Waals surface area contributed by atoms with Crippen LogP contribution in [0.4, 0.5) is 0 Å². The van der Waals surface area contributed by atoms with E-state index < -0.39 is 0 Å². The number of rotatable bonds is 5. The summed E-state index contributed by atoms with van der Waals surface area (Å²) in [4.78, 5) is 18.8. The molecule has 1 amide bonds. The van der Waals surface area contributed by atoms with Crippen molar-refractivity contribution in [2.75, 3.05) is 6.54 Å². The van der Waals surface area contributed by atoms with Gasteiger partial charge in [-0.15, -0.1) is 0 Å². The van der Waals surface area contributed by atoms with Crippen LogP contribution in [-0.2, 0) is 17.6 Å². The first-order valence-corrected chi connectivity index (χ1v) is 8.59. The smallest absolute Gasteiger partial charge is 0.224 e. The van der Waals surface area contributed by atoms with E-state index in [9.17, 15) is 4.79 Å². The molecule has 0 unspecified atom stereocenters. The molecule has 0 spiro atoms. The van der Waals surface area contributed by atoms with E-state index >= 15 is 0 Å². The van der Waals surface area contributed by atoms with Gasteiger partial charge in [0.2, 0.25) is 5.91 Å². The lowest BCUT2D eigenvalue weighted by atomic mass is 10.1. The summed E-state index contributed by atoms with van der Waals surface area (Å²) in [5.74, 6) is 0.0587. The molecular formula is C21H21N3O. The second-order valence-electron chi connectivity index (χ2n) is 6.45. The van der Waals surface area contributed by atoms with Gasteiger partial charge in [-0.1, -0.05) is 30.3 Å². The molecule has 0 aliphatic carbocycles. The van der Waals surface area contributed by atoms with Crippen molar-refractivity contribution in [3.63, 3.8) is 0 Å². The average Bonchev–Trinajstić information content (AvgIpc) is 3.19. The molecule has 0 saturated carbocycles. The van der Waals surface area contributed by atoms with Gasteiger partial charge in [-0.05, 0) is 48.1 Å². The minimum atomic E-state index is 0.0587. The van der Waals surface area contributed by atoms with Crippen molar-refractivity contribution in [2.24, 2.45) is 0 Å². The molecular weight excluding hydrogens is 310 g/mol. The lowest BCUT2D eigenvalue weighted by Gasteiger charge is -2.06. The maximum absolute atomic E-state index is 12.2. The number of aromatic amines is 2. The third kappa shape index (κ3) is 3.15. The fourth-order valence-corrected chi connectivity index (χ4v) is 3.44. The van der Waals surface area contributed by atoms with Crippen LogP contribution < -0.4 is 5.32 Å². The van der Waals surface area contributed by atoms with E-state index in [1.807, 2.05) is 36.5 Å². The van der Waals surface area contributed by atoms with Crippen LogP contribution in [0, 0.1) is 6.92 Å². The number of carbonyl (C=O) groups is 1. The van der Waals surface area contributed by atoms with Crippen molar-refractivity contribution in [3.05, 3.63) is 71.5 Å². The lowest BCUT2D eigenvalue weighted by Crippen LogP contribution is -2.27. The predicted octanol–water partition coefficient (Wildman–Crippen LogP) is 3.86. The van der Waals surface area contributed by atoms with Gasteiger partial charge in [-0.2, -0.15) is 0 Å². The van der Waals surface area contributed by atoms with Gasteiger partial charge in [0.05, 0.1) is 6.42 Å². The number of hydrogen-bond donors (Lipinski definition) is 3. The summed E-state index contributed by atoms with van der Waals surface area (Å²) in [7, 11) is 0. The highest BCUT2D eigenvalue weighted by atomic mass is 16.1. The standard InChI is InChI=1S/C21H21N3O/c1-14-17(18-4-2-3-5-19(18)24-14)9-11-23-21(25)13-15-6-7-16-8-10-22-20(16)12-15/h2-8,10,12,22,24H,9,11,13H2,1H3,(H,23,25). The second-order valence-corrected chi connectivity index (χ2v) is 6.45. The summed E-state index contributed by atoms with van der Waals surface area (Å²) in [6.45, 7) is 2.73. The number of fused-ring (bicyclic) bond motifs is 2. The normalized spacial score (nSPS) is 11.2. The van der Waals surface area contributed by atoms with Gasteiger partial charge in [0.15, 0.2) is 0 Å². The summed E-state index contributed by atoms with van der Waals surface area (Å²) >= 11 is 0. The predicted molar refractivity (Wildman–Crippen MR) is 102 cm³/mol. The first-order valence-electron chi connectivity index (χ1n) is 8.59. The number of aromatic nitrogens is 2. The number of para-hydroxylation sites is 1. The third-order valence-electron chi connectivity index (χ3n) is 4.71. The molecule has 0 radical (unpaired) electrons. The van der Waals surface area contributed by atoms with Gasteiger partial charge in [-0.25, -0.2) is 0 Å². The Labute approximate surface area is 146 Å². The molecule has 4 rings (SSSR count). The van der Waals surface area contributed by atoms with Crippen molar-refractivity contribution in [1.82, 2.24) is 15.3 Å². The molecule has 4 nitrogen and oxygen atoms in total. The number of aryl methyl sites for hydroxylation is 1.